The minimum atomic E-state index is 0.216. The zero-order valence-electron chi connectivity index (χ0n) is 26.7. The van der Waals surface area contributed by atoms with Crippen LogP contribution in [0.15, 0.2) is 97.1 Å². The van der Waals surface area contributed by atoms with Crippen molar-refractivity contribution < 1.29 is 24.2 Å². The second-order valence-electron chi connectivity index (χ2n) is 13.4. The van der Waals surface area contributed by atoms with Crippen LogP contribution in [0.4, 0.5) is 0 Å². The van der Waals surface area contributed by atoms with Crippen molar-refractivity contribution in [3.05, 3.63) is 154 Å². The van der Waals surface area contributed by atoms with Gasteiger partial charge in [-0.3, -0.25) is 6.08 Å². The summed E-state index contributed by atoms with van der Waals surface area (Å²) in [6, 6.07) is 32.7. The number of allylic oxidation sites excluding steroid dienone is 4. The Morgan fingerprint density at radius 3 is 1.69 bits per heavy atom. The average molecular weight is 628 g/mol. The van der Waals surface area contributed by atoms with Crippen molar-refractivity contribution in [1.82, 2.24) is 0 Å². The molecule has 0 aliphatic heterocycles. The van der Waals surface area contributed by atoms with E-state index in [9.17, 15) is 0 Å². The molecule has 0 radical (unpaired) electrons. The predicted octanol–water partition coefficient (Wildman–Crippen LogP) is 10.4. The molecule has 2 aliphatic rings. The van der Waals surface area contributed by atoms with Crippen molar-refractivity contribution >= 4 is 3.21 Å². The number of fused-ring (bicyclic) bond motifs is 3. The van der Waals surface area contributed by atoms with Crippen LogP contribution in [-0.2, 0) is 41.5 Å². The van der Waals surface area contributed by atoms with Gasteiger partial charge in [0.05, 0.1) is 0 Å². The van der Waals surface area contributed by atoms with E-state index in [1.165, 1.54) is 83.1 Å². The largest absolute Gasteiger partial charge is 0.273 e. The normalized spacial score (nSPS) is 13.0. The fourth-order valence-corrected chi connectivity index (χ4v) is 5.97. The molecule has 1 heteroatoms. The van der Waals surface area contributed by atoms with Crippen LogP contribution < -0.4 is 0 Å². The van der Waals surface area contributed by atoms with Gasteiger partial charge in [0.25, 0.3) is 0 Å². The van der Waals surface area contributed by atoms with Gasteiger partial charge in [-0.15, -0.1) is 17.5 Å². The SMILES string of the molecule is CC(C)(C)c1ccc([C](=[Zr+2])c2ccc(C(C)(C)C)cc2)cc1.Cc1[c-]c2c(cc1)-c1ccc(C)cc1C2.[C-]1=CC=CC1. The molecule has 0 amide bonds. The number of rotatable bonds is 2. The Balaban J connectivity index is 0.000000172. The summed E-state index contributed by atoms with van der Waals surface area (Å²) in [5, 5.41) is 0. The zero-order valence-corrected chi connectivity index (χ0v) is 29.1. The van der Waals surface area contributed by atoms with Crippen molar-refractivity contribution in [1.29, 1.82) is 0 Å². The number of hydrogen-bond donors (Lipinski definition) is 0. The van der Waals surface area contributed by atoms with E-state index in [1.807, 2.05) is 12.2 Å². The van der Waals surface area contributed by atoms with E-state index in [0.717, 1.165) is 12.8 Å². The summed E-state index contributed by atoms with van der Waals surface area (Å²) in [6.07, 6.45) is 11.0. The molecule has 6 rings (SSSR count). The molecule has 0 bridgehead atoms. The molecular formula is C41H44Zr. The van der Waals surface area contributed by atoms with Gasteiger partial charge >= 0.3 is 151 Å². The molecule has 4 aromatic carbocycles. The number of hydrogen-bond acceptors (Lipinski definition) is 0. The molecule has 0 aromatic heterocycles. The molecule has 0 heterocycles. The summed E-state index contributed by atoms with van der Waals surface area (Å²) in [5.41, 5.74) is 14.1. The Labute approximate surface area is 269 Å². The maximum absolute atomic E-state index is 3.45. The summed E-state index contributed by atoms with van der Waals surface area (Å²) in [6.45, 7) is 17.8. The van der Waals surface area contributed by atoms with Gasteiger partial charge in [0.2, 0.25) is 0 Å². The molecule has 0 unspecified atom stereocenters. The molecule has 4 aromatic rings. The van der Waals surface area contributed by atoms with Crippen LogP contribution in [0.25, 0.3) is 11.1 Å². The van der Waals surface area contributed by atoms with Crippen LogP contribution >= 0.6 is 0 Å². The minimum absolute atomic E-state index is 0.216. The van der Waals surface area contributed by atoms with Gasteiger partial charge in [-0.2, -0.15) is 29.8 Å². The molecule has 0 saturated carbocycles. The summed E-state index contributed by atoms with van der Waals surface area (Å²) in [5.74, 6) is 0. The quantitative estimate of drug-likeness (QED) is 0.171. The Morgan fingerprint density at radius 2 is 1.24 bits per heavy atom. The van der Waals surface area contributed by atoms with Gasteiger partial charge in [-0.1, -0.05) is 36.2 Å². The van der Waals surface area contributed by atoms with Gasteiger partial charge in [0.15, 0.2) is 0 Å². The first kappa shape index (κ1) is 32.0. The van der Waals surface area contributed by atoms with Gasteiger partial charge in [0, 0.05) is 0 Å². The van der Waals surface area contributed by atoms with Crippen LogP contribution in [0.1, 0.15) is 92.5 Å². The molecule has 2 aliphatic carbocycles. The maximum Gasteiger partial charge on any atom is -0.0253 e. The van der Waals surface area contributed by atoms with Crippen LogP contribution in [-0.4, -0.2) is 3.21 Å². The van der Waals surface area contributed by atoms with E-state index in [0.29, 0.717) is 0 Å². The molecule has 0 spiro atoms. The van der Waals surface area contributed by atoms with Gasteiger partial charge in [0.1, 0.15) is 0 Å². The topological polar surface area (TPSA) is 0 Å². The Kier molecular flexibility index (Phi) is 10.4. The van der Waals surface area contributed by atoms with Gasteiger partial charge < -0.3 is 0 Å². The monoisotopic (exact) mass is 626 g/mol. The predicted molar refractivity (Wildman–Crippen MR) is 178 cm³/mol. The maximum atomic E-state index is 3.45. The van der Waals surface area contributed by atoms with E-state index >= 15 is 0 Å². The molecule has 42 heavy (non-hydrogen) atoms. The molecule has 0 N–H and O–H groups in total. The standard InChI is InChI=1S/C21H26.C15H13.C5H5.Zr/c1-20(2,3)18-11-7-16(8-12-18)15-17-9-13-19(14-10-17)21(4,5)6;1-10-3-5-14-12(7-10)9-13-8-11(2)4-6-15(13)14;1-2-4-5-3-1;/h7-14H,1-6H3;3-7H,9H2,1-2H3;1-3H,4H2;/q;2*-1;+2. The van der Waals surface area contributed by atoms with E-state index in [2.05, 4.69) is 152 Å². The van der Waals surface area contributed by atoms with E-state index in [4.69, 9.17) is 0 Å². The summed E-state index contributed by atoms with van der Waals surface area (Å²) >= 11 is 1.46. The summed E-state index contributed by atoms with van der Waals surface area (Å²) in [7, 11) is 0. The minimum Gasteiger partial charge on any atom is -0.273 e. The van der Waals surface area contributed by atoms with Crippen molar-refractivity contribution in [2.75, 3.05) is 0 Å². The first-order valence-electron chi connectivity index (χ1n) is 15.0. The molecule has 0 saturated heterocycles. The van der Waals surface area contributed by atoms with Crippen molar-refractivity contribution in [2.24, 2.45) is 0 Å². The fourth-order valence-electron chi connectivity index (χ4n) is 5.15. The third-order valence-corrected chi connectivity index (χ3v) is 9.18. The average Bonchev–Trinajstić information content (AvgIpc) is 3.63. The molecule has 0 nitrogen and oxygen atoms in total. The van der Waals surface area contributed by atoms with E-state index in [1.54, 1.807) is 0 Å². The van der Waals surface area contributed by atoms with Crippen LogP contribution in [0.5, 0.6) is 0 Å². The van der Waals surface area contributed by atoms with Crippen molar-refractivity contribution in [3.63, 3.8) is 0 Å². The van der Waals surface area contributed by atoms with E-state index in [-0.39, 0.29) is 10.8 Å². The number of benzene rings is 4. The Hall–Kier alpha value is -2.89. The first-order chi connectivity index (χ1) is 19.8. The summed E-state index contributed by atoms with van der Waals surface area (Å²) < 4.78 is 1.42. The molecular weight excluding hydrogens is 584 g/mol. The molecule has 0 atom stereocenters. The smallest absolute Gasteiger partial charge is 0.0253 e. The van der Waals surface area contributed by atoms with Crippen molar-refractivity contribution in [2.45, 2.75) is 79.1 Å². The molecule has 0 fully saturated rings. The van der Waals surface area contributed by atoms with E-state index < -0.39 is 0 Å². The van der Waals surface area contributed by atoms with Crippen molar-refractivity contribution in [3.8, 4) is 11.1 Å². The number of aryl methyl sites for hydroxylation is 2. The van der Waals surface area contributed by atoms with Gasteiger partial charge in [-0.05, 0) is 18.9 Å². The van der Waals surface area contributed by atoms with Crippen LogP contribution in [0.3, 0.4) is 0 Å². The van der Waals surface area contributed by atoms with Crippen LogP contribution in [0.2, 0.25) is 0 Å². The molecule has 212 valence electrons. The Bertz CT molecular complexity index is 1460. The zero-order chi connectivity index (χ0) is 30.5. The Morgan fingerprint density at radius 1 is 0.690 bits per heavy atom. The van der Waals surface area contributed by atoms with Gasteiger partial charge in [-0.25, -0.2) is 12.2 Å². The second kappa shape index (κ2) is 13.6. The first-order valence-corrected chi connectivity index (χ1v) is 16.2. The summed E-state index contributed by atoms with van der Waals surface area (Å²) in [4.78, 5) is 0. The third kappa shape index (κ3) is 8.35. The fraction of sp³-hybridized carbons (Fsp3) is 0.293. The third-order valence-electron chi connectivity index (χ3n) is 7.76. The van der Waals surface area contributed by atoms with Crippen LogP contribution in [0, 0.1) is 26.0 Å². The second-order valence-corrected chi connectivity index (χ2v) is 14.6.